The summed E-state index contributed by atoms with van der Waals surface area (Å²) in [4.78, 5) is 20.1. The number of thiazole rings is 1. The molecule has 1 amide bonds. The molecule has 0 atom stereocenters. The Hall–Kier alpha value is -3.23. The number of methoxy groups -OCH3 is 1. The molecule has 0 aliphatic rings. The fourth-order valence-electron chi connectivity index (χ4n) is 3.53. The molecule has 1 heterocycles. The lowest BCUT2D eigenvalue weighted by molar-refractivity contribution is -0.118. The fourth-order valence-corrected chi connectivity index (χ4v) is 5.23. The summed E-state index contributed by atoms with van der Waals surface area (Å²) in [6.07, 6.45) is 1.29. The maximum atomic E-state index is 13.5. The van der Waals surface area contributed by atoms with Crippen LogP contribution in [0.4, 0.5) is 5.13 Å². The van der Waals surface area contributed by atoms with Gasteiger partial charge in [0.15, 0.2) is 15.0 Å². The molecule has 4 aromatic rings. The Balaban J connectivity index is 1.70. The molecule has 33 heavy (non-hydrogen) atoms. The topological polar surface area (TPSA) is 76.6 Å². The first-order chi connectivity index (χ1) is 15.8. The smallest absolute Gasteiger partial charge is 0.233 e. The predicted octanol–water partition coefficient (Wildman–Crippen LogP) is 4.79. The summed E-state index contributed by atoms with van der Waals surface area (Å²) in [5.74, 6) is 0.545. The van der Waals surface area contributed by atoms with E-state index in [0.717, 1.165) is 33.2 Å². The van der Waals surface area contributed by atoms with E-state index in [0.29, 0.717) is 17.4 Å². The Labute approximate surface area is 197 Å². The van der Waals surface area contributed by atoms with Crippen LogP contribution in [0.3, 0.4) is 0 Å². The van der Waals surface area contributed by atoms with E-state index in [9.17, 15) is 13.2 Å². The first kappa shape index (κ1) is 22.9. The SMILES string of the molecule is COc1ccc(C)c2sc(N(Cc3ccccc3)C(=O)Cc3ccc(S(C)(=O)=O)cc3)nc12. The van der Waals surface area contributed by atoms with Crippen molar-refractivity contribution < 1.29 is 17.9 Å². The Kier molecular flexibility index (Phi) is 6.49. The van der Waals surface area contributed by atoms with E-state index in [1.807, 2.05) is 49.4 Å². The lowest BCUT2D eigenvalue weighted by atomic mass is 10.1. The van der Waals surface area contributed by atoms with Gasteiger partial charge in [0.1, 0.15) is 11.3 Å². The molecule has 0 radical (unpaired) electrons. The van der Waals surface area contributed by atoms with Gasteiger partial charge in [-0.15, -0.1) is 0 Å². The molecule has 0 unspecified atom stereocenters. The highest BCUT2D eigenvalue weighted by Crippen LogP contribution is 2.37. The minimum absolute atomic E-state index is 0.123. The lowest BCUT2D eigenvalue weighted by Gasteiger charge is -2.20. The zero-order chi connectivity index (χ0) is 23.6. The minimum atomic E-state index is -3.29. The largest absolute Gasteiger partial charge is 0.494 e. The summed E-state index contributed by atoms with van der Waals surface area (Å²) < 4.78 is 29.9. The van der Waals surface area contributed by atoms with Crippen molar-refractivity contribution in [2.75, 3.05) is 18.3 Å². The standard InChI is InChI=1S/C25H24N2O4S2/c1-17-9-14-21(31-2)23-24(17)32-25(26-23)27(16-19-7-5-4-6-8-19)22(28)15-18-10-12-20(13-11-18)33(3,29)30/h4-14H,15-16H2,1-3H3. The molecule has 3 aromatic carbocycles. The second kappa shape index (κ2) is 9.33. The Morgan fingerprint density at radius 1 is 1.00 bits per heavy atom. The monoisotopic (exact) mass is 480 g/mol. The van der Waals surface area contributed by atoms with Gasteiger partial charge in [0.05, 0.1) is 29.7 Å². The molecular formula is C25H24N2O4S2. The summed E-state index contributed by atoms with van der Waals surface area (Å²) >= 11 is 1.46. The Morgan fingerprint density at radius 2 is 1.70 bits per heavy atom. The number of carbonyl (C=O) groups is 1. The highest BCUT2D eigenvalue weighted by Gasteiger charge is 2.22. The van der Waals surface area contributed by atoms with E-state index in [-0.39, 0.29) is 17.2 Å². The summed E-state index contributed by atoms with van der Waals surface area (Å²) in [7, 11) is -1.68. The van der Waals surface area contributed by atoms with E-state index in [4.69, 9.17) is 9.72 Å². The molecule has 6 nitrogen and oxygen atoms in total. The maximum Gasteiger partial charge on any atom is 0.233 e. The third-order valence-corrected chi connectivity index (χ3v) is 7.68. The van der Waals surface area contributed by atoms with Gasteiger partial charge in [0.2, 0.25) is 5.91 Å². The average molecular weight is 481 g/mol. The molecule has 170 valence electrons. The number of rotatable bonds is 7. The van der Waals surface area contributed by atoms with Crippen molar-refractivity contribution in [3.8, 4) is 5.75 Å². The van der Waals surface area contributed by atoms with Crippen LogP contribution in [0.2, 0.25) is 0 Å². The maximum absolute atomic E-state index is 13.5. The molecule has 4 rings (SSSR count). The van der Waals surface area contributed by atoms with Crippen molar-refractivity contribution in [1.29, 1.82) is 0 Å². The van der Waals surface area contributed by atoms with E-state index in [1.54, 1.807) is 24.1 Å². The van der Waals surface area contributed by atoms with E-state index >= 15 is 0 Å². The molecule has 0 spiro atoms. The summed E-state index contributed by atoms with van der Waals surface area (Å²) in [6, 6.07) is 20.0. The molecule has 0 aliphatic heterocycles. The molecule has 8 heteroatoms. The zero-order valence-electron chi connectivity index (χ0n) is 18.6. The van der Waals surface area contributed by atoms with Crippen molar-refractivity contribution in [1.82, 2.24) is 4.98 Å². The number of nitrogens with zero attached hydrogens (tertiary/aromatic N) is 2. The van der Waals surface area contributed by atoms with Crippen LogP contribution in [-0.4, -0.2) is 32.7 Å². The second-order valence-corrected chi connectivity index (χ2v) is 10.8. The Bertz CT molecular complexity index is 1400. The van der Waals surface area contributed by atoms with Gasteiger partial charge in [-0.3, -0.25) is 9.69 Å². The first-order valence-electron chi connectivity index (χ1n) is 10.3. The summed E-state index contributed by atoms with van der Waals surface area (Å²) in [6.45, 7) is 2.39. The number of amides is 1. The first-order valence-corrected chi connectivity index (χ1v) is 13.0. The number of carbonyl (C=O) groups excluding carboxylic acids is 1. The molecule has 0 bridgehead atoms. The normalized spacial score (nSPS) is 11.5. The van der Waals surface area contributed by atoms with Gasteiger partial charge in [0.25, 0.3) is 0 Å². The molecule has 0 N–H and O–H groups in total. The molecular weight excluding hydrogens is 456 g/mol. The van der Waals surface area contributed by atoms with Gasteiger partial charge in [-0.25, -0.2) is 13.4 Å². The number of aryl methyl sites for hydroxylation is 1. The predicted molar refractivity (Wildman–Crippen MR) is 132 cm³/mol. The van der Waals surface area contributed by atoms with Crippen LogP contribution in [0.5, 0.6) is 5.75 Å². The second-order valence-electron chi connectivity index (χ2n) is 7.82. The molecule has 1 aromatic heterocycles. The third kappa shape index (κ3) is 5.07. The van der Waals surface area contributed by atoms with Gasteiger partial charge in [-0.05, 0) is 41.8 Å². The van der Waals surface area contributed by atoms with Gasteiger partial charge in [-0.2, -0.15) is 0 Å². The van der Waals surface area contributed by atoms with Crippen LogP contribution >= 0.6 is 11.3 Å². The van der Waals surface area contributed by atoms with Gasteiger partial charge in [0, 0.05) is 6.26 Å². The number of ether oxygens (including phenoxy) is 1. The molecule has 0 saturated heterocycles. The molecule has 0 fully saturated rings. The van der Waals surface area contributed by atoms with Crippen LogP contribution in [0.1, 0.15) is 16.7 Å². The van der Waals surface area contributed by atoms with Gasteiger partial charge < -0.3 is 4.74 Å². The lowest BCUT2D eigenvalue weighted by Crippen LogP contribution is -2.31. The fraction of sp³-hybridized carbons (Fsp3) is 0.200. The van der Waals surface area contributed by atoms with Crippen LogP contribution < -0.4 is 9.64 Å². The quantitative estimate of drug-likeness (QED) is 0.380. The number of sulfone groups is 1. The molecule has 0 saturated carbocycles. The van der Waals surface area contributed by atoms with Crippen molar-refractivity contribution in [2.45, 2.75) is 24.8 Å². The van der Waals surface area contributed by atoms with E-state index in [2.05, 4.69) is 0 Å². The third-order valence-electron chi connectivity index (χ3n) is 5.33. The van der Waals surface area contributed by atoms with E-state index in [1.165, 1.54) is 23.5 Å². The molecule has 0 aliphatic carbocycles. The van der Waals surface area contributed by atoms with Crippen molar-refractivity contribution in [3.05, 3.63) is 83.4 Å². The number of anilines is 1. The summed E-state index contributed by atoms with van der Waals surface area (Å²) in [5, 5.41) is 0.596. The van der Waals surface area contributed by atoms with Crippen LogP contribution in [0, 0.1) is 6.92 Å². The van der Waals surface area contributed by atoms with Gasteiger partial charge in [-0.1, -0.05) is 59.9 Å². The van der Waals surface area contributed by atoms with Crippen LogP contribution in [-0.2, 0) is 27.6 Å². The Morgan fingerprint density at radius 3 is 2.33 bits per heavy atom. The number of hydrogen-bond donors (Lipinski definition) is 0. The average Bonchev–Trinajstić information content (AvgIpc) is 3.24. The number of fused-ring (bicyclic) bond motifs is 1. The van der Waals surface area contributed by atoms with Crippen molar-refractivity contribution in [3.63, 3.8) is 0 Å². The highest BCUT2D eigenvalue weighted by molar-refractivity contribution is 7.90. The highest BCUT2D eigenvalue weighted by atomic mass is 32.2. The number of benzene rings is 3. The number of aromatic nitrogens is 1. The van der Waals surface area contributed by atoms with Gasteiger partial charge >= 0.3 is 0 Å². The van der Waals surface area contributed by atoms with Crippen LogP contribution in [0.25, 0.3) is 10.2 Å². The zero-order valence-corrected chi connectivity index (χ0v) is 20.2. The van der Waals surface area contributed by atoms with Crippen molar-refractivity contribution in [2.24, 2.45) is 0 Å². The van der Waals surface area contributed by atoms with Crippen LogP contribution in [0.15, 0.2) is 71.6 Å². The van der Waals surface area contributed by atoms with Crippen molar-refractivity contribution >= 4 is 42.4 Å². The number of hydrogen-bond acceptors (Lipinski definition) is 6. The summed E-state index contributed by atoms with van der Waals surface area (Å²) in [5.41, 5.74) is 3.53. The minimum Gasteiger partial charge on any atom is -0.494 e. The van der Waals surface area contributed by atoms with E-state index < -0.39 is 9.84 Å².